The van der Waals surface area contributed by atoms with Crippen LogP contribution in [0.3, 0.4) is 0 Å². The van der Waals surface area contributed by atoms with Crippen LogP contribution in [0.1, 0.15) is 54.7 Å². The van der Waals surface area contributed by atoms with Crippen LogP contribution in [0.2, 0.25) is 0 Å². The van der Waals surface area contributed by atoms with Gasteiger partial charge >= 0.3 is 0 Å². The summed E-state index contributed by atoms with van der Waals surface area (Å²) in [6.07, 6.45) is 4.36. The zero-order valence-corrected chi connectivity index (χ0v) is 13.7. The maximum atomic E-state index is 12.4. The number of hydrogen-bond donors (Lipinski definition) is 2. The lowest BCUT2D eigenvalue weighted by atomic mass is 9.96. The monoisotopic (exact) mass is 327 g/mol. The average Bonchev–Trinajstić information content (AvgIpc) is 3.53. The second kappa shape index (κ2) is 5.70. The van der Waals surface area contributed by atoms with E-state index in [0.717, 1.165) is 37.1 Å². The summed E-state index contributed by atoms with van der Waals surface area (Å²) >= 11 is 0. The van der Waals surface area contributed by atoms with Crippen LogP contribution in [0.25, 0.3) is 11.5 Å². The molecule has 1 aromatic heterocycles. The van der Waals surface area contributed by atoms with Crippen molar-refractivity contribution in [3.8, 4) is 11.5 Å². The Kier molecular flexibility index (Phi) is 3.64. The van der Waals surface area contributed by atoms with E-state index in [9.17, 15) is 9.90 Å². The topological polar surface area (TPSA) is 88.2 Å². The Labute approximate surface area is 140 Å². The molecular formula is C18H21N3O3. The maximum Gasteiger partial charge on any atom is 0.257 e. The van der Waals surface area contributed by atoms with Gasteiger partial charge in [-0.05, 0) is 62.8 Å². The van der Waals surface area contributed by atoms with Crippen LogP contribution in [0.15, 0.2) is 28.8 Å². The van der Waals surface area contributed by atoms with Gasteiger partial charge in [0.1, 0.15) is 0 Å². The van der Waals surface area contributed by atoms with E-state index in [-0.39, 0.29) is 12.5 Å². The van der Waals surface area contributed by atoms with Gasteiger partial charge in [-0.3, -0.25) is 4.79 Å². The van der Waals surface area contributed by atoms with Gasteiger partial charge in [-0.15, -0.1) is 0 Å². The first kappa shape index (κ1) is 15.3. The standard InChI is InChI=1S/C18H21N3O3/c1-18(10-22,14-8-9-14)20-16(23)12-4-6-13(7-5-12)17-19-15(21-24-17)11-2-3-11/h4-7,11,14,22H,2-3,8-10H2,1H3,(H,20,23). The fourth-order valence-corrected chi connectivity index (χ4v) is 2.95. The molecule has 0 aliphatic heterocycles. The fraction of sp³-hybridized carbons (Fsp3) is 0.500. The molecule has 24 heavy (non-hydrogen) atoms. The summed E-state index contributed by atoms with van der Waals surface area (Å²) in [6, 6.07) is 7.12. The third-order valence-electron chi connectivity index (χ3n) is 4.98. The van der Waals surface area contributed by atoms with E-state index in [0.29, 0.717) is 23.3 Å². The fourth-order valence-electron chi connectivity index (χ4n) is 2.95. The number of benzene rings is 1. The normalized spacial score (nSPS) is 19.8. The summed E-state index contributed by atoms with van der Waals surface area (Å²) in [5.74, 6) is 1.90. The molecule has 2 fully saturated rings. The van der Waals surface area contributed by atoms with Gasteiger partial charge in [0.15, 0.2) is 5.82 Å². The molecular weight excluding hydrogens is 306 g/mol. The molecule has 2 aromatic rings. The number of rotatable bonds is 6. The molecule has 6 nitrogen and oxygen atoms in total. The number of carbonyl (C=O) groups excluding carboxylic acids is 1. The number of aliphatic hydroxyl groups is 1. The molecule has 1 amide bonds. The summed E-state index contributed by atoms with van der Waals surface area (Å²) in [7, 11) is 0. The van der Waals surface area contributed by atoms with Crippen molar-refractivity contribution in [1.82, 2.24) is 15.5 Å². The van der Waals surface area contributed by atoms with Gasteiger partial charge in [0.25, 0.3) is 11.8 Å². The number of aromatic nitrogens is 2. The highest BCUT2D eigenvalue weighted by Gasteiger charge is 2.42. The Bertz CT molecular complexity index is 747. The van der Waals surface area contributed by atoms with Gasteiger partial charge in [-0.2, -0.15) is 4.98 Å². The van der Waals surface area contributed by atoms with Crippen molar-refractivity contribution in [1.29, 1.82) is 0 Å². The predicted octanol–water partition coefficient (Wildman–Crippen LogP) is 2.50. The molecule has 0 radical (unpaired) electrons. The van der Waals surface area contributed by atoms with Gasteiger partial charge in [0, 0.05) is 17.0 Å². The van der Waals surface area contributed by atoms with Gasteiger partial charge in [-0.1, -0.05) is 5.16 Å². The molecule has 1 aromatic carbocycles. The van der Waals surface area contributed by atoms with E-state index in [2.05, 4.69) is 15.5 Å². The second-order valence-electron chi connectivity index (χ2n) is 7.11. The summed E-state index contributed by atoms with van der Waals surface area (Å²) in [4.78, 5) is 16.8. The second-order valence-corrected chi connectivity index (χ2v) is 7.11. The molecule has 126 valence electrons. The summed E-state index contributed by atoms with van der Waals surface area (Å²) in [5, 5.41) is 16.6. The molecule has 2 saturated carbocycles. The van der Waals surface area contributed by atoms with E-state index >= 15 is 0 Å². The lowest BCUT2D eigenvalue weighted by molar-refractivity contribution is 0.0824. The van der Waals surface area contributed by atoms with E-state index in [4.69, 9.17) is 4.52 Å². The van der Waals surface area contributed by atoms with Crippen LogP contribution in [-0.4, -0.2) is 33.3 Å². The third-order valence-corrected chi connectivity index (χ3v) is 4.98. The first-order valence-corrected chi connectivity index (χ1v) is 8.46. The minimum Gasteiger partial charge on any atom is -0.394 e. The summed E-state index contributed by atoms with van der Waals surface area (Å²) in [6.45, 7) is 1.85. The van der Waals surface area contributed by atoms with E-state index in [1.807, 2.05) is 19.1 Å². The molecule has 2 aliphatic rings. The summed E-state index contributed by atoms with van der Waals surface area (Å²) in [5.41, 5.74) is 0.820. The van der Waals surface area contributed by atoms with Crippen molar-refractivity contribution in [2.24, 2.45) is 5.92 Å². The van der Waals surface area contributed by atoms with E-state index in [1.54, 1.807) is 12.1 Å². The Balaban J connectivity index is 1.47. The smallest absolute Gasteiger partial charge is 0.257 e. The average molecular weight is 327 g/mol. The number of nitrogens with zero attached hydrogens (tertiary/aromatic N) is 2. The zero-order chi connectivity index (χ0) is 16.7. The number of amides is 1. The molecule has 0 spiro atoms. The van der Waals surface area contributed by atoms with Crippen LogP contribution < -0.4 is 5.32 Å². The van der Waals surface area contributed by atoms with Crippen molar-refractivity contribution in [3.05, 3.63) is 35.7 Å². The Morgan fingerprint density at radius 1 is 1.29 bits per heavy atom. The largest absolute Gasteiger partial charge is 0.394 e. The quantitative estimate of drug-likeness (QED) is 0.851. The first-order valence-electron chi connectivity index (χ1n) is 8.46. The van der Waals surface area contributed by atoms with Crippen molar-refractivity contribution in [2.45, 2.75) is 44.1 Å². The zero-order valence-electron chi connectivity index (χ0n) is 13.7. The molecule has 1 heterocycles. The van der Waals surface area contributed by atoms with Crippen molar-refractivity contribution >= 4 is 5.91 Å². The lowest BCUT2D eigenvalue weighted by Crippen LogP contribution is -2.50. The lowest BCUT2D eigenvalue weighted by Gasteiger charge is -2.28. The molecule has 1 atom stereocenters. The van der Waals surface area contributed by atoms with Gasteiger partial charge in [0.2, 0.25) is 0 Å². The minimum absolute atomic E-state index is 0.0482. The molecule has 2 aliphatic carbocycles. The predicted molar refractivity (Wildman–Crippen MR) is 87.4 cm³/mol. The van der Waals surface area contributed by atoms with Crippen LogP contribution in [0.4, 0.5) is 0 Å². The Morgan fingerprint density at radius 3 is 2.58 bits per heavy atom. The summed E-state index contributed by atoms with van der Waals surface area (Å²) < 4.78 is 5.30. The van der Waals surface area contributed by atoms with Crippen molar-refractivity contribution < 1.29 is 14.4 Å². The maximum absolute atomic E-state index is 12.4. The Morgan fingerprint density at radius 2 is 2.00 bits per heavy atom. The van der Waals surface area contributed by atoms with Crippen LogP contribution >= 0.6 is 0 Å². The molecule has 0 bridgehead atoms. The van der Waals surface area contributed by atoms with Gasteiger partial charge in [-0.25, -0.2) is 0 Å². The van der Waals surface area contributed by atoms with Crippen LogP contribution in [0.5, 0.6) is 0 Å². The molecule has 4 rings (SSSR count). The number of hydrogen-bond acceptors (Lipinski definition) is 5. The molecule has 0 saturated heterocycles. The first-order chi connectivity index (χ1) is 11.6. The number of nitrogens with one attached hydrogen (secondary N) is 1. The van der Waals surface area contributed by atoms with Crippen molar-refractivity contribution in [2.75, 3.05) is 6.61 Å². The molecule has 1 unspecified atom stereocenters. The Hall–Kier alpha value is -2.21. The number of carbonyl (C=O) groups is 1. The molecule has 2 N–H and O–H groups in total. The highest BCUT2D eigenvalue weighted by molar-refractivity contribution is 5.95. The van der Waals surface area contributed by atoms with E-state index < -0.39 is 5.54 Å². The van der Waals surface area contributed by atoms with Gasteiger partial charge < -0.3 is 14.9 Å². The van der Waals surface area contributed by atoms with Gasteiger partial charge in [0.05, 0.1) is 12.1 Å². The van der Waals surface area contributed by atoms with Crippen LogP contribution in [-0.2, 0) is 0 Å². The SMILES string of the molecule is CC(CO)(NC(=O)c1ccc(-c2nc(C3CC3)no2)cc1)C1CC1. The highest BCUT2D eigenvalue weighted by atomic mass is 16.5. The van der Waals surface area contributed by atoms with E-state index in [1.165, 1.54) is 0 Å². The van der Waals surface area contributed by atoms with Crippen molar-refractivity contribution in [3.63, 3.8) is 0 Å². The molecule has 6 heteroatoms. The number of aliphatic hydroxyl groups excluding tert-OH is 1. The highest BCUT2D eigenvalue weighted by Crippen LogP contribution is 2.40. The minimum atomic E-state index is -0.540. The van der Waals surface area contributed by atoms with Crippen LogP contribution in [0, 0.1) is 5.92 Å². The third kappa shape index (κ3) is 2.94.